The number of aromatic nitrogens is 1. The number of amides is 1. The van der Waals surface area contributed by atoms with Crippen molar-refractivity contribution in [3.05, 3.63) is 35.2 Å². The van der Waals surface area contributed by atoms with Gasteiger partial charge in [0.1, 0.15) is 0 Å². The topological polar surface area (TPSA) is 74.2 Å². The Kier molecular flexibility index (Phi) is 6.12. The first-order valence-corrected chi connectivity index (χ1v) is 8.26. The first-order valence-electron chi connectivity index (χ1n) is 7.44. The Bertz CT molecular complexity index is 663. The first kappa shape index (κ1) is 17.9. The molecule has 1 amide bonds. The van der Waals surface area contributed by atoms with Crippen molar-refractivity contribution in [3.8, 4) is 11.3 Å². The van der Waals surface area contributed by atoms with Gasteiger partial charge >= 0.3 is 0 Å². The van der Waals surface area contributed by atoms with Crippen LogP contribution < -0.4 is 10.6 Å². The van der Waals surface area contributed by atoms with Crippen LogP contribution in [0.25, 0.3) is 11.3 Å². The van der Waals surface area contributed by atoms with E-state index in [1.54, 1.807) is 0 Å². The lowest BCUT2D eigenvalue weighted by molar-refractivity contribution is -0.117. The number of β-amino-alcohol motifs (C(OH)–C–C–N with tert-alkyl or cyclic N) is 1. The standard InChI is InChI=1S/C16H19N3O2S.ClH/c1-2-13-14(10-6-4-3-5-7-10)18-16(22-13)19-15(21)12-8-11(20)9-17-12;/h3-7,11-12,17,20H,2,8-9H2,1H3,(H,18,19,21);1H/t11-,12+;/m1./s1. The van der Waals surface area contributed by atoms with Gasteiger partial charge in [0, 0.05) is 17.0 Å². The molecule has 2 atom stereocenters. The SMILES string of the molecule is CCc1sc(NC(=O)[C@@H]2C[C@@H](O)CN2)nc1-c1ccccc1.Cl. The van der Waals surface area contributed by atoms with E-state index in [-0.39, 0.29) is 24.4 Å². The quantitative estimate of drug-likeness (QED) is 0.789. The second-order valence-corrected chi connectivity index (χ2v) is 6.43. The minimum absolute atomic E-state index is 0. The molecule has 7 heteroatoms. The van der Waals surface area contributed by atoms with Gasteiger partial charge in [0.25, 0.3) is 0 Å². The predicted molar refractivity (Wildman–Crippen MR) is 95.2 cm³/mol. The van der Waals surface area contributed by atoms with Gasteiger partial charge in [-0.05, 0) is 12.8 Å². The molecule has 124 valence electrons. The molecule has 1 aromatic heterocycles. The molecule has 0 unspecified atom stereocenters. The molecule has 1 aromatic carbocycles. The lowest BCUT2D eigenvalue weighted by Crippen LogP contribution is -2.35. The number of aryl methyl sites for hydroxylation is 1. The maximum absolute atomic E-state index is 12.2. The van der Waals surface area contributed by atoms with Crippen molar-refractivity contribution in [2.75, 3.05) is 11.9 Å². The number of nitrogens with zero attached hydrogens (tertiary/aromatic N) is 1. The third-order valence-electron chi connectivity index (χ3n) is 3.72. The molecule has 23 heavy (non-hydrogen) atoms. The molecule has 0 aliphatic carbocycles. The zero-order chi connectivity index (χ0) is 15.5. The van der Waals surface area contributed by atoms with E-state index >= 15 is 0 Å². The monoisotopic (exact) mass is 353 g/mol. The van der Waals surface area contributed by atoms with E-state index in [2.05, 4.69) is 22.5 Å². The number of aliphatic hydroxyl groups excluding tert-OH is 1. The zero-order valence-electron chi connectivity index (χ0n) is 12.8. The molecule has 1 saturated heterocycles. The third kappa shape index (κ3) is 4.09. The van der Waals surface area contributed by atoms with Crippen LogP contribution in [-0.4, -0.2) is 34.7 Å². The normalized spacial score (nSPS) is 20.1. The summed E-state index contributed by atoms with van der Waals surface area (Å²) in [5.41, 5.74) is 1.99. The van der Waals surface area contributed by atoms with E-state index < -0.39 is 6.10 Å². The Morgan fingerprint density at radius 2 is 2.17 bits per heavy atom. The molecule has 1 fully saturated rings. The van der Waals surface area contributed by atoms with Gasteiger partial charge in [-0.1, -0.05) is 37.3 Å². The highest BCUT2D eigenvalue weighted by atomic mass is 35.5. The van der Waals surface area contributed by atoms with Crippen LogP contribution in [0.1, 0.15) is 18.2 Å². The minimum Gasteiger partial charge on any atom is -0.392 e. The van der Waals surface area contributed by atoms with Crippen LogP contribution in [-0.2, 0) is 11.2 Å². The van der Waals surface area contributed by atoms with E-state index in [1.807, 2.05) is 30.3 Å². The van der Waals surface area contributed by atoms with Crippen molar-refractivity contribution < 1.29 is 9.90 Å². The summed E-state index contributed by atoms with van der Waals surface area (Å²) in [5, 5.41) is 16.0. The average molecular weight is 354 g/mol. The average Bonchev–Trinajstić information content (AvgIpc) is 3.14. The molecule has 0 spiro atoms. The molecular weight excluding hydrogens is 334 g/mol. The molecule has 2 heterocycles. The molecule has 5 nitrogen and oxygen atoms in total. The highest BCUT2D eigenvalue weighted by molar-refractivity contribution is 7.16. The highest BCUT2D eigenvalue weighted by Crippen LogP contribution is 2.31. The van der Waals surface area contributed by atoms with Crippen LogP contribution in [0.15, 0.2) is 30.3 Å². The van der Waals surface area contributed by atoms with Gasteiger partial charge in [-0.2, -0.15) is 0 Å². The van der Waals surface area contributed by atoms with E-state index in [0.29, 0.717) is 18.1 Å². The number of carbonyl (C=O) groups is 1. The van der Waals surface area contributed by atoms with Gasteiger partial charge in [0.15, 0.2) is 5.13 Å². The Morgan fingerprint density at radius 3 is 2.78 bits per heavy atom. The van der Waals surface area contributed by atoms with Gasteiger partial charge in [-0.3, -0.25) is 4.79 Å². The molecule has 1 aliphatic rings. The Labute approximate surface area is 145 Å². The second-order valence-electron chi connectivity index (χ2n) is 5.35. The van der Waals surface area contributed by atoms with Crippen LogP contribution in [0.3, 0.4) is 0 Å². The number of rotatable bonds is 4. The Balaban J connectivity index is 0.00000192. The fraction of sp³-hybridized carbons (Fsp3) is 0.375. The number of anilines is 1. The van der Waals surface area contributed by atoms with E-state index in [1.165, 1.54) is 11.3 Å². The molecule has 0 saturated carbocycles. The van der Waals surface area contributed by atoms with E-state index in [0.717, 1.165) is 22.6 Å². The fourth-order valence-electron chi connectivity index (χ4n) is 2.58. The highest BCUT2D eigenvalue weighted by Gasteiger charge is 2.28. The van der Waals surface area contributed by atoms with E-state index in [4.69, 9.17) is 0 Å². The molecule has 0 bridgehead atoms. The number of aliphatic hydroxyl groups is 1. The predicted octanol–water partition coefficient (Wildman–Crippen LogP) is 2.46. The summed E-state index contributed by atoms with van der Waals surface area (Å²) in [5.74, 6) is -0.132. The number of carbonyl (C=O) groups excluding carboxylic acids is 1. The van der Waals surface area contributed by atoms with Crippen molar-refractivity contribution >= 4 is 34.8 Å². The number of halogens is 1. The maximum atomic E-state index is 12.2. The van der Waals surface area contributed by atoms with Gasteiger partial charge in [-0.25, -0.2) is 4.98 Å². The Hall–Kier alpha value is -1.47. The summed E-state index contributed by atoms with van der Waals surface area (Å²) in [6.45, 7) is 2.55. The van der Waals surface area contributed by atoms with Crippen LogP contribution in [0, 0.1) is 0 Å². The summed E-state index contributed by atoms with van der Waals surface area (Å²) in [7, 11) is 0. The number of nitrogens with one attached hydrogen (secondary N) is 2. The summed E-state index contributed by atoms with van der Waals surface area (Å²) in [6.07, 6.45) is 0.875. The molecule has 3 rings (SSSR count). The molecule has 1 aliphatic heterocycles. The van der Waals surface area contributed by atoms with Gasteiger partial charge in [0.2, 0.25) is 5.91 Å². The third-order valence-corrected chi connectivity index (χ3v) is 4.84. The van der Waals surface area contributed by atoms with Crippen molar-refractivity contribution in [3.63, 3.8) is 0 Å². The van der Waals surface area contributed by atoms with Crippen molar-refractivity contribution in [1.82, 2.24) is 10.3 Å². The van der Waals surface area contributed by atoms with Gasteiger partial charge in [0.05, 0.1) is 17.8 Å². The number of hydrogen-bond donors (Lipinski definition) is 3. The van der Waals surface area contributed by atoms with Crippen LogP contribution in [0.5, 0.6) is 0 Å². The van der Waals surface area contributed by atoms with Crippen LogP contribution in [0.2, 0.25) is 0 Å². The summed E-state index contributed by atoms with van der Waals surface area (Å²) < 4.78 is 0. The number of benzene rings is 1. The van der Waals surface area contributed by atoms with Crippen molar-refractivity contribution in [1.29, 1.82) is 0 Å². The summed E-state index contributed by atoms with van der Waals surface area (Å²) in [6, 6.07) is 9.64. The summed E-state index contributed by atoms with van der Waals surface area (Å²) >= 11 is 1.51. The zero-order valence-corrected chi connectivity index (χ0v) is 14.4. The largest absolute Gasteiger partial charge is 0.392 e. The lowest BCUT2D eigenvalue weighted by atomic mass is 10.1. The fourth-order valence-corrected chi connectivity index (χ4v) is 3.50. The van der Waals surface area contributed by atoms with Crippen LogP contribution >= 0.6 is 23.7 Å². The van der Waals surface area contributed by atoms with Crippen molar-refractivity contribution in [2.24, 2.45) is 0 Å². The number of hydrogen-bond acceptors (Lipinski definition) is 5. The van der Waals surface area contributed by atoms with Crippen molar-refractivity contribution in [2.45, 2.75) is 31.9 Å². The van der Waals surface area contributed by atoms with Gasteiger partial charge < -0.3 is 15.7 Å². The Morgan fingerprint density at radius 1 is 1.43 bits per heavy atom. The lowest BCUT2D eigenvalue weighted by Gasteiger charge is -2.08. The molecular formula is C16H20ClN3O2S. The smallest absolute Gasteiger partial charge is 0.243 e. The molecule has 3 N–H and O–H groups in total. The number of thiazole rings is 1. The molecule has 0 radical (unpaired) electrons. The second kappa shape index (κ2) is 7.88. The minimum atomic E-state index is -0.446. The summed E-state index contributed by atoms with van der Waals surface area (Å²) in [4.78, 5) is 17.9. The van der Waals surface area contributed by atoms with E-state index in [9.17, 15) is 9.90 Å². The van der Waals surface area contributed by atoms with Crippen LogP contribution in [0.4, 0.5) is 5.13 Å². The molecule has 2 aromatic rings. The first-order chi connectivity index (χ1) is 10.7. The maximum Gasteiger partial charge on any atom is 0.243 e. The van der Waals surface area contributed by atoms with Gasteiger partial charge in [-0.15, -0.1) is 23.7 Å².